The number of aryl methyl sites for hydroxylation is 1. The quantitative estimate of drug-likeness (QED) is 0.487. The number of hydrogen-bond acceptors (Lipinski definition) is 4. The minimum absolute atomic E-state index is 0.124. The molecule has 0 radical (unpaired) electrons. The molecule has 0 fully saturated rings. The molecular weight excluding hydrogens is 244 g/mol. The summed E-state index contributed by atoms with van der Waals surface area (Å²) >= 11 is 0. The molecule has 0 aliphatic carbocycles. The first-order valence-corrected chi connectivity index (χ1v) is 6.07. The SMILES string of the molecule is Cn1cc(CCNCc2ccc([N+](=O)[O-])cc2)cn1. The number of nitro benzene ring substituents is 1. The third-order valence-electron chi connectivity index (χ3n) is 2.83. The van der Waals surface area contributed by atoms with Gasteiger partial charge in [0.1, 0.15) is 0 Å². The Morgan fingerprint density at radius 2 is 2.05 bits per heavy atom. The predicted molar refractivity (Wildman–Crippen MR) is 71.7 cm³/mol. The highest BCUT2D eigenvalue weighted by Crippen LogP contribution is 2.11. The molecule has 0 aliphatic heterocycles. The van der Waals surface area contributed by atoms with Crippen LogP contribution in [0.2, 0.25) is 0 Å². The fourth-order valence-corrected chi connectivity index (χ4v) is 1.80. The number of nitrogens with zero attached hydrogens (tertiary/aromatic N) is 3. The summed E-state index contributed by atoms with van der Waals surface area (Å²) in [6.07, 6.45) is 4.77. The monoisotopic (exact) mass is 260 g/mol. The van der Waals surface area contributed by atoms with Gasteiger partial charge in [-0.3, -0.25) is 14.8 Å². The summed E-state index contributed by atoms with van der Waals surface area (Å²) in [5.41, 5.74) is 2.36. The van der Waals surface area contributed by atoms with E-state index in [-0.39, 0.29) is 10.6 Å². The highest BCUT2D eigenvalue weighted by molar-refractivity contribution is 5.32. The van der Waals surface area contributed by atoms with Crippen molar-refractivity contribution in [3.05, 3.63) is 57.9 Å². The van der Waals surface area contributed by atoms with Gasteiger partial charge in [0.25, 0.3) is 5.69 Å². The van der Waals surface area contributed by atoms with Crippen LogP contribution in [0.3, 0.4) is 0 Å². The average molecular weight is 260 g/mol. The van der Waals surface area contributed by atoms with Crippen LogP contribution in [0.25, 0.3) is 0 Å². The van der Waals surface area contributed by atoms with E-state index >= 15 is 0 Å². The molecule has 0 saturated carbocycles. The lowest BCUT2D eigenvalue weighted by molar-refractivity contribution is -0.384. The van der Waals surface area contributed by atoms with E-state index in [9.17, 15) is 10.1 Å². The molecule has 6 heteroatoms. The maximum absolute atomic E-state index is 10.5. The zero-order valence-electron chi connectivity index (χ0n) is 10.7. The second-order valence-corrected chi connectivity index (χ2v) is 4.37. The van der Waals surface area contributed by atoms with Crippen molar-refractivity contribution in [2.75, 3.05) is 6.54 Å². The zero-order valence-corrected chi connectivity index (χ0v) is 10.7. The van der Waals surface area contributed by atoms with Crippen LogP contribution >= 0.6 is 0 Å². The number of aromatic nitrogens is 2. The lowest BCUT2D eigenvalue weighted by atomic mass is 10.2. The Balaban J connectivity index is 1.75. The van der Waals surface area contributed by atoms with Crippen molar-refractivity contribution >= 4 is 5.69 Å². The molecule has 0 atom stereocenters. The smallest absolute Gasteiger partial charge is 0.269 e. The summed E-state index contributed by atoms with van der Waals surface area (Å²) < 4.78 is 1.78. The van der Waals surface area contributed by atoms with E-state index in [0.29, 0.717) is 6.54 Å². The Morgan fingerprint density at radius 3 is 2.63 bits per heavy atom. The molecule has 6 nitrogen and oxygen atoms in total. The summed E-state index contributed by atoms with van der Waals surface area (Å²) in [5, 5.41) is 17.9. The van der Waals surface area contributed by atoms with Crippen LogP contribution in [0.15, 0.2) is 36.7 Å². The van der Waals surface area contributed by atoms with Crippen LogP contribution in [0.5, 0.6) is 0 Å². The standard InChI is InChI=1S/C13H16N4O2/c1-16-10-12(9-15-16)6-7-14-8-11-2-4-13(5-3-11)17(18)19/h2-5,9-10,14H,6-8H2,1H3. The summed E-state index contributed by atoms with van der Waals surface area (Å²) in [6.45, 7) is 1.56. The fraction of sp³-hybridized carbons (Fsp3) is 0.308. The van der Waals surface area contributed by atoms with Crippen LogP contribution in [0, 0.1) is 10.1 Å². The van der Waals surface area contributed by atoms with E-state index < -0.39 is 0 Å². The predicted octanol–water partition coefficient (Wildman–Crippen LogP) is 1.66. The molecule has 2 aromatic rings. The van der Waals surface area contributed by atoms with E-state index in [1.54, 1.807) is 16.8 Å². The van der Waals surface area contributed by atoms with Crippen molar-refractivity contribution < 1.29 is 4.92 Å². The molecule has 100 valence electrons. The van der Waals surface area contributed by atoms with Gasteiger partial charge in [-0.1, -0.05) is 12.1 Å². The van der Waals surface area contributed by atoms with Crippen molar-refractivity contribution in [2.24, 2.45) is 7.05 Å². The topological polar surface area (TPSA) is 73.0 Å². The molecule has 0 unspecified atom stereocenters. The van der Waals surface area contributed by atoms with E-state index in [0.717, 1.165) is 18.5 Å². The maximum Gasteiger partial charge on any atom is 0.269 e. The van der Waals surface area contributed by atoms with Gasteiger partial charge in [0.15, 0.2) is 0 Å². The molecule has 1 heterocycles. The molecular formula is C13H16N4O2. The Hall–Kier alpha value is -2.21. The second-order valence-electron chi connectivity index (χ2n) is 4.37. The molecule has 1 aromatic heterocycles. The highest BCUT2D eigenvalue weighted by Gasteiger charge is 2.03. The van der Waals surface area contributed by atoms with Crippen molar-refractivity contribution in [1.82, 2.24) is 15.1 Å². The minimum atomic E-state index is -0.389. The van der Waals surface area contributed by atoms with E-state index in [4.69, 9.17) is 0 Å². The fourth-order valence-electron chi connectivity index (χ4n) is 1.80. The molecule has 0 bridgehead atoms. The van der Waals surface area contributed by atoms with Crippen LogP contribution in [0.1, 0.15) is 11.1 Å². The van der Waals surface area contributed by atoms with Gasteiger partial charge in [-0.2, -0.15) is 5.10 Å². The first-order valence-electron chi connectivity index (χ1n) is 6.07. The van der Waals surface area contributed by atoms with Gasteiger partial charge in [-0.05, 0) is 24.1 Å². The normalized spacial score (nSPS) is 10.6. The van der Waals surface area contributed by atoms with Crippen molar-refractivity contribution in [3.8, 4) is 0 Å². The largest absolute Gasteiger partial charge is 0.312 e. The van der Waals surface area contributed by atoms with Crippen molar-refractivity contribution in [1.29, 1.82) is 0 Å². The third-order valence-corrected chi connectivity index (χ3v) is 2.83. The summed E-state index contributed by atoms with van der Waals surface area (Å²) in [6, 6.07) is 6.60. The second kappa shape index (κ2) is 6.10. The number of hydrogen-bond donors (Lipinski definition) is 1. The van der Waals surface area contributed by atoms with Gasteiger partial charge in [-0.25, -0.2) is 0 Å². The molecule has 1 aromatic carbocycles. The maximum atomic E-state index is 10.5. The van der Waals surface area contributed by atoms with Gasteiger partial charge >= 0.3 is 0 Å². The van der Waals surface area contributed by atoms with E-state index in [1.807, 2.05) is 19.4 Å². The van der Waals surface area contributed by atoms with Gasteiger partial charge in [0, 0.05) is 31.9 Å². The Bertz CT molecular complexity index is 548. The number of rotatable bonds is 6. The lowest BCUT2D eigenvalue weighted by Crippen LogP contribution is -2.16. The lowest BCUT2D eigenvalue weighted by Gasteiger charge is -2.03. The van der Waals surface area contributed by atoms with Crippen molar-refractivity contribution in [3.63, 3.8) is 0 Å². The Morgan fingerprint density at radius 1 is 1.32 bits per heavy atom. The third kappa shape index (κ3) is 3.89. The molecule has 0 amide bonds. The molecule has 1 N–H and O–H groups in total. The van der Waals surface area contributed by atoms with Gasteiger partial charge < -0.3 is 5.32 Å². The molecule has 0 spiro atoms. The van der Waals surface area contributed by atoms with E-state index in [2.05, 4.69) is 10.4 Å². The number of nitrogens with one attached hydrogen (secondary N) is 1. The Labute approximate surface area is 111 Å². The van der Waals surface area contributed by atoms with Gasteiger partial charge in [-0.15, -0.1) is 0 Å². The summed E-state index contributed by atoms with van der Waals surface area (Å²) in [7, 11) is 1.90. The number of nitro groups is 1. The first-order chi connectivity index (χ1) is 9.15. The van der Waals surface area contributed by atoms with Crippen LogP contribution < -0.4 is 5.32 Å². The van der Waals surface area contributed by atoms with Crippen molar-refractivity contribution in [2.45, 2.75) is 13.0 Å². The minimum Gasteiger partial charge on any atom is -0.312 e. The van der Waals surface area contributed by atoms with E-state index in [1.165, 1.54) is 17.7 Å². The summed E-state index contributed by atoms with van der Waals surface area (Å²) in [4.78, 5) is 10.1. The van der Waals surface area contributed by atoms with Crippen LogP contribution in [-0.4, -0.2) is 21.2 Å². The first kappa shape index (κ1) is 13.2. The molecule has 2 rings (SSSR count). The van der Waals surface area contributed by atoms with Gasteiger partial charge in [0.05, 0.1) is 11.1 Å². The highest BCUT2D eigenvalue weighted by atomic mass is 16.6. The molecule has 0 aliphatic rings. The number of benzene rings is 1. The zero-order chi connectivity index (χ0) is 13.7. The van der Waals surface area contributed by atoms with Crippen LogP contribution in [-0.2, 0) is 20.0 Å². The Kier molecular flexibility index (Phi) is 4.25. The van der Waals surface area contributed by atoms with Gasteiger partial charge in [0.2, 0.25) is 0 Å². The average Bonchev–Trinajstić information content (AvgIpc) is 2.81. The molecule has 0 saturated heterocycles. The summed E-state index contributed by atoms with van der Waals surface area (Å²) in [5.74, 6) is 0. The molecule has 19 heavy (non-hydrogen) atoms. The number of non-ortho nitro benzene ring substituents is 1. The van der Waals surface area contributed by atoms with Crippen LogP contribution in [0.4, 0.5) is 5.69 Å².